The molecule has 0 aliphatic rings. The van der Waals surface area contributed by atoms with Crippen molar-refractivity contribution >= 4 is 16.9 Å². The van der Waals surface area contributed by atoms with Gasteiger partial charge in [-0.1, -0.05) is 85.8 Å². The topological polar surface area (TPSA) is 101 Å². The molecule has 0 saturated carbocycles. The predicted octanol–water partition coefficient (Wildman–Crippen LogP) is 5.81. The summed E-state index contributed by atoms with van der Waals surface area (Å²) in [7, 11) is 0. The summed E-state index contributed by atoms with van der Waals surface area (Å²) >= 11 is 0. The van der Waals surface area contributed by atoms with E-state index < -0.39 is 0 Å². The summed E-state index contributed by atoms with van der Waals surface area (Å²) in [5.74, 6) is 0.539. The molecule has 1 atom stereocenters. The quantitative estimate of drug-likeness (QED) is 0.267. The first kappa shape index (κ1) is 24.2. The fourth-order valence-corrected chi connectivity index (χ4v) is 4.88. The van der Waals surface area contributed by atoms with Gasteiger partial charge in [0.1, 0.15) is 0 Å². The Balaban J connectivity index is 1.19. The normalized spacial score (nSPS) is 11.9. The monoisotopic (exact) mass is 513 g/mol. The van der Waals surface area contributed by atoms with Gasteiger partial charge >= 0.3 is 0 Å². The lowest BCUT2D eigenvalue weighted by molar-refractivity contribution is 0.0935. The molecule has 0 aliphatic carbocycles. The second kappa shape index (κ2) is 10.7. The van der Waals surface area contributed by atoms with Crippen molar-refractivity contribution in [2.24, 2.45) is 0 Å². The number of hydrogen-bond acceptors (Lipinski definition) is 5. The van der Waals surface area contributed by atoms with Crippen LogP contribution in [-0.4, -0.2) is 36.1 Å². The first-order valence-corrected chi connectivity index (χ1v) is 12.9. The first-order chi connectivity index (χ1) is 19.2. The SMILES string of the molecule is CCC(NC(=O)c1ccc2c(c1)ncn2Cc1ccc(-c2ccccc2-c2nnn[nH]2)cc1)c1ccccc1. The summed E-state index contributed by atoms with van der Waals surface area (Å²) in [6.07, 6.45) is 2.64. The molecule has 0 saturated heterocycles. The van der Waals surface area contributed by atoms with E-state index in [2.05, 4.69) is 72.7 Å². The number of aromatic amines is 1. The molecule has 2 N–H and O–H groups in total. The number of nitrogens with one attached hydrogen (secondary N) is 2. The highest BCUT2D eigenvalue weighted by molar-refractivity contribution is 5.97. The van der Waals surface area contributed by atoms with Crippen molar-refractivity contribution in [2.75, 3.05) is 0 Å². The molecule has 6 rings (SSSR count). The van der Waals surface area contributed by atoms with Gasteiger partial charge in [0.05, 0.1) is 23.4 Å². The fraction of sp³-hybridized carbons (Fsp3) is 0.129. The van der Waals surface area contributed by atoms with Crippen molar-refractivity contribution in [1.29, 1.82) is 0 Å². The van der Waals surface area contributed by atoms with E-state index in [1.165, 1.54) is 0 Å². The molecule has 4 aromatic carbocycles. The van der Waals surface area contributed by atoms with E-state index in [0.29, 0.717) is 17.9 Å². The molecule has 0 radical (unpaired) electrons. The number of imidazole rings is 1. The van der Waals surface area contributed by atoms with Gasteiger partial charge in [-0.05, 0) is 57.3 Å². The maximum atomic E-state index is 13.0. The average molecular weight is 514 g/mol. The number of H-pyrrole nitrogens is 1. The number of amides is 1. The zero-order chi connectivity index (χ0) is 26.6. The Bertz CT molecular complexity index is 1710. The molecule has 2 aromatic heterocycles. The van der Waals surface area contributed by atoms with Crippen molar-refractivity contribution in [3.63, 3.8) is 0 Å². The maximum absolute atomic E-state index is 13.0. The zero-order valence-electron chi connectivity index (χ0n) is 21.5. The summed E-state index contributed by atoms with van der Waals surface area (Å²) < 4.78 is 2.10. The standard InChI is InChI=1S/C31H27N7O/c1-2-27(23-8-4-3-5-9-23)33-31(39)24-16-17-29-28(18-24)32-20-38(29)19-21-12-14-22(15-13-21)25-10-6-7-11-26(25)30-34-36-37-35-30/h3-18,20,27H,2,19H2,1H3,(H,33,39)(H,34,35,36,37). The van der Waals surface area contributed by atoms with Crippen LogP contribution in [-0.2, 0) is 6.54 Å². The maximum Gasteiger partial charge on any atom is 0.251 e. The van der Waals surface area contributed by atoms with E-state index in [1.54, 1.807) is 0 Å². The molecule has 1 unspecified atom stereocenters. The Hall–Kier alpha value is -5.11. The molecule has 0 bridgehead atoms. The Morgan fingerprint density at radius 1 is 0.923 bits per heavy atom. The molecular formula is C31H27N7O. The van der Waals surface area contributed by atoms with Crippen molar-refractivity contribution in [3.8, 4) is 22.5 Å². The number of hydrogen-bond donors (Lipinski definition) is 2. The Kier molecular flexibility index (Phi) is 6.66. The minimum absolute atomic E-state index is 0.0330. The Morgan fingerprint density at radius 3 is 2.44 bits per heavy atom. The summed E-state index contributed by atoms with van der Waals surface area (Å²) in [5, 5.41) is 17.5. The van der Waals surface area contributed by atoms with Crippen LogP contribution in [0.3, 0.4) is 0 Å². The van der Waals surface area contributed by atoms with E-state index in [4.69, 9.17) is 0 Å². The number of aromatic nitrogens is 6. The van der Waals surface area contributed by atoms with E-state index in [0.717, 1.165) is 45.3 Å². The van der Waals surface area contributed by atoms with Crippen LogP contribution >= 0.6 is 0 Å². The van der Waals surface area contributed by atoms with Gasteiger partial charge in [-0.15, -0.1) is 5.10 Å². The molecule has 39 heavy (non-hydrogen) atoms. The van der Waals surface area contributed by atoms with Crippen molar-refractivity contribution in [2.45, 2.75) is 25.9 Å². The van der Waals surface area contributed by atoms with Crippen LogP contribution in [0.4, 0.5) is 0 Å². The van der Waals surface area contributed by atoms with Gasteiger partial charge in [0.2, 0.25) is 0 Å². The van der Waals surface area contributed by atoms with Crippen LogP contribution < -0.4 is 5.32 Å². The molecule has 192 valence electrons. The highest BCUT2D eigenvalue weighted by atomic mass is 16.1. The molecular weight excluding hydrogens is 486 g/mol. The lowest BCUT2D eigenvalue weighted by Crippen LogP contribution is -2.28. The highest BCUT2D eigenvalue weighted by Gasteiger charge is 2.15. The van der Waals surface area contributed by atoms with E-state index in [-0.39, 0.29) is 11.9 Å². The summed E-state index contributed by atoms with van der Waals surface area (Å²) in [6, 6.07) is 32.2. The molecule has 0 spiro atoms. The van der Waals surface area contributed by atoms with Gasteiger partial charge in [-0.25, -0.2) is 10.1 Å². The first-order valence-electron chi connectivity index (χ1n) is 12.9. The van der Waals surface area contributed by atoms with Gasteiger partial charge in [0, 0.05) is 17.7 Å². The number of rotatable bonds is 8. The Labute approximate surface area is 225 Å². The molecule has 6 aromatic rings. The van der Waals surface area contributed by atoms with Crippen LogP contribution in [0.15, 0.2) is 103 Å². The van der Waals surface area contributed by atoms with Crippen LogP contribution in [0.5, 0.6) is 0 Å². The summed E-state index contributed by atoms with van der Waals surface area (Å²) in [5.41, 5.74) is 7.71. The number of fused-ring (bicyclic) bond motifs is 1. The minimum atomic E-state index is -0.0980. The van der Waals surface area contributed by atoms with Gasteiger partial charge in [-0.3, -0.25) is 4.79 Å². The number of carbonyl (C=O) groups is 1. The molecule has 1 amide bonds. The van der Waals surface area contributed by atoms with Gasteiger partial charge in [-0.2, -0.15) is 0 Å². The molecule has 0 fully saturated rings. The number of nitrogens with zero attached hydrogens (tertiary/aromatic N) is 5. The third-order valence-electron chi connectivity index (χ3n) is 6.94. The number of benzene rings is 4. The summed E-state index contributed by atoms with van der Waals surface area (Å²) in [4.78, 5) is 17.6. The van der Waals surface area contributed by atoms with Crippen LogP contribution in [0.2, 0.25) is 0 Å². The second-order valence-electron chi connectivity index (χ2n) is 9.41. The van der Waals surface area contributed by atoms with Gasteiger partial charge in [0.15, 0.2) is 5.82 Å². The Morgan fingerprint density at radius 2 is 1.69 bits per heavy atom. The van der Waals surface area contributed by atoms with Gasteiger partial charge in [0.25, 0.3) is 5.91 Å². The van der Waals surface area contributed by atoms with E-state index >= 15 is 0 Å². The highest BCUT2D eigenvalue weighted by Crippen LogP contribution is 2.30. The average Bonchev–Trinajstić information content (AvgIpc) is 3.67. The van der Waals surface area contributed by atoms with E-state index in [1.807, 2.05) is 73.1 Å². The third kappa shape index (κ3) is 5.04. The third-order valence-corrected chi connectivity index (χ3v) is 6.94. The minimum Gasteiger partial charge on any atom is -0.345 e. The molecule has 8 nitrogen and oxygen atoms in total. The predicted molar refractivity (Wildman–Crippen MR) is 151 cm³/mol. The number of tetrazole rings is 1. The smallest absolute Gasteiger partial charge is 0.251 e. The van der Waals surface area contributed by atoms with Crippen LogP contribution in [0, 0.1) is 0 Å². The number of carbonyl (C=O) groups excluding carboxylic acids is 1. The second-order valence-corrected chi connectivity index (χ2v) is 9.41. The lowest BCUT2D eigenvalue weighted by atomic mass is 9.98. The molecule has 2 heterocycles. The van der Waals surface area contributed by atoms with Crippen molar-refractivity contribution < 1.29 is 4.79 Å². The summed E-state index contributed by atoms with van der Waals surface area (Å²) in [6.45, 7) is 2.74. The molecule has 8 heteroatoms. The van der Waals surface area contributed by atoms with Gasteiger partial charge < -0.3 is 9.88 Å². The zero-order valence-corrected chi connectivity index (χ0v) is 21.5. The van der Waals surface area contributed by atoms with Crippen LogP contribution in [0.1, 0.15) is 40.9 Å². The largest absolute Gasteiger partial charge is 0.345 e. The van der Waals surface area contributed by atoms with Crippen molar-refractivity contribution in [1.82, 2.24) is 35.5 Å². The fourth-order valence-electron chi connectivity index (χ4n) is 4.88. The lowest BCUT2D eigenvalue weighted by Gasteiger charge is -2.17. The molecule has 0 aliphatic heterocycles. The van der Waals surface area contributed by atoms with E-state index in [9.17, 15) is 4.79 Å². The van der Waals surface area contributed by atoms with Crippen molar-refractivity contribution in [3.05, 3.63) is 120 Å². The van der Waals surface area contributed by atoms with Crippen LogP contribution in [0.25, 0.3) is 33.5 Å².